The fourth-order valence-corrected chi connectivity index (χ4v) is 2.03. The number of para-hydroxylation sites is 1. The molecule has 86 valence electrons. The van der Waals surface area contributed by atoms with E-state index >= 15 is 0 Å². The molecular formula is C12H13Cl2NO. The number of aliphatic imine (C=N–C) groups is 1. The Kier molecular flexibility index (Phi) is 2.89. The maximum absolute atomic E-state index is 6.16. The van der Waals surface area contributed by atoms with Crippen LogP contribution in [0.25, 0.3) is 0 Å². The Labute approximate surface area is 105 Å². The second-order valence-electron chi connectivity index (χ2n) is 4.42. The second kappa shape index (κ2) is 3.94. The summed E-state index contributed by atoms with van der Waals surface area (Å²) in [7, 11) is 0. The molecule has 0 aliphatic carbocycles. The molecule has 1 aliphatic rings. The first-order chi connectivity index (χ1) is 7.42. The summed E-state index contributed by atoms with van der Waals surface area (Å²) in [5, 5.41) is 1.02. The lowest BCUT2D eigenvalue weighted by Crippen LogP contribution is -2.38. The van der Waals surface area contributed by atoms with Crippen LogP contribution in [0.5, 0.6) is 5.75 Å². The van der Waals surface area contributed by atoms with Gasteiger partial charge in [-0.05, 0) is 32.9 Å². The van der Waals surface area contributed by atoms with Gasteiger partial charge < -0.3 is 4.74 Å². The Morgan fingerprint density at radius 1 is 1.31 bits per heavy atom. The Bertz CT molecular complexity index is 454. The number of halogens is 2. The van der Waals surface area contributed by atoms with E-state index < -0.39 is 5.60 Å². The molecule has 0 N–H and O–H groups in total. The molecule has 0 amide bonds. The zero-order valence-electron chi connectivity index (χ0n) is 9.42. The van der Waals surface area contributed by atoms with Gasteiger partial charge in [0, 0.05) is 0 Å². The predicted molar refractivity (Wildman–Crippen MR) is 68.0 cm³/mol. The maximum atomic E-state index is 6.16. The van der Waals surface area contributed by atoms with E-state index in [0.717, 1.165) is 5.56 Å². The fraction of sp³-hybridized carbons (Fsp3) is 0.417. The quantitative estimate of drug-likeness (QED) is 0.691. The lowest BCUT2D eigenvalue weighted by Gasteiger charge is -2.29. The molecular weight excluding hydrogens is 245 g/mol. The first kappa shape index (κ1) is 11.7. The topological polar surface area (TPSA) is 21.6 Å². The van der Waals surface area contributed by atoms with E-state index in [1.54, 1.807) is 6.07 Å². The van der Waals surface area contributed by atoms with E-state index in [0.29, 0.717) is 15.9 Å². The van der Waals surface area contributed by atoms with Gasteiger partial charge in [-0.2, -0.15) is 0 Å². The van der Waals surface area contributed by atoms with Crippen LogP contribution >= 0.6 is 23.2 Å². The highest BCUT2D eigenvalue weighted by atomic mass is 35.5. The minimum Gasteiger partial charge on any atom is -0.483 e. The van der Waals surface area contributed by atoms with Gasteiger partial charge in [0.2, 0.25) is 0 Å². The largest absolute Gasteiger partial charge is 0.483 e. The number of hydrogen-bond donors (Lipinski definition) is 0. The normalized spacial score (nSPS) is 22.8. The number of rotatable bonds is 0. The molecule has 16 heavy (non-hydrogen) atoms. The summed E-state index contributed by atoms with van der Waals surface area (Å²) in [6.45, 7) is 5.93. The van der Waals surface area contributed by atoms with Crippen molar-refractivity contribution < 1.29 is 4.74 Å². The van der Waals surface area contributed by atoms with E-state index in [9.17, 15) is 0 Å². The minimum atomic E-state index is -0.420. The molecule has 1 unspecified atom stereocenters. The van der Waals surface area contributed by atoms with E-state index in [1.807, 2.05) is 32.9 Å². The summed E-state index contributed by atoms with van der Waals surface area (Å²) in [4.78, 5) is 4.41. The molecule has 0 bridgehead atoms. The first-order valence-corrected chi connectivity index (χ1v) is 5.88. The van der Waals surface area contributed by atoms with Crippen LogP contribution in [0.3, 0.4) is 0 Å². The van der Waals surface area contributed by atoms with E-state index in [1.165, 1.54) is 0 Å². The van der Waals surface area contributed by atoms with Crippen LogP contribution in [-0.2, 0) is 0 Å². The molecule has 0 saturated heterocycles. The van der Waals surface area contributed by atoms with Crippen molar-refractivity contribution >= 4 is 28.4 Å². The summed E-state index contributed by atoms with van der Waals surface area (Å²) in [6.07, 6.45) is 0. The van der Waals surface area contributed by atoms with Crippen molar-refractivity contribution in [3.05, 3.63) is 28.8 Å². The summed E-state index contributed by atoms with van der Waals surface area (Å²) in [5.41, 5.74) is 0.336. The summed E-state index contributed by atoms with van der Waals surface area (Å²) >= 11 is 12.3. The Balaban J connectivity index is 2.62. The fourth-order valence-electron chi connectivity index (χ4n) is 1.52. The number of fused-ring (bicyclic) bond motifs is 1. The third-order valence-corrected chi connectivity index (χ3v) is 3.47. The monoisotopic (exact) mass is 257 g/mol. The van der Waals surface area contributed by atoms with Crippen molar-refractivity contribution in [2.24, 2.45) is 4.99 Å². The van der Waals surface area contributed by atoms with Crippen LogP contribution in [0.4, 0.5) is 0 Å². The van der Waals surface area contributed by atoms with Gasteiger partial charge in [0.1, 0.15) is 16.5 Å². The molecule has 1 atom stereocenters. The average molecular weight is 258 g/mol. The van der Waals surface area contributed by atoms with Crippen molar-refractivity contribution in [2.45, 2.75) is 32.4 Å². The Hall–Kier alpha value is -0.730. The van der Waals surface area contributed by atoms with E-state index in [4.69, 9.17) is 27.9 Å². The molecule has 1 heterocycles. The molecule has 0 spiro atoms. The van der Waals surface area contributed by atoms with Gasteiger partial charge in [0.25, 0.3) is 0 Å². The molecule has 2 nitrogen and oxygen atoms in total. The highest BCUT2D eigenvalue weighted by Crippen LogP contribution is 2.36. The van der Waals surface area contributed by atoms with Crippen molar-refractivity contribution in [1.82, 2.24) is 0 Å². The summed E-state index contributed by atoms with van der Waals surface area (Å²) in [6, 6.07) is 5.46. The molecule has 1 aromatic rings. The van der Waals surface area contributed by atoms with Crippen LogP contribution < -0.4 is 4.74 Å². The zero-order chi connectivity index (χ0) is 11.9. The molecule has 0 radical (unpaired) electrons. The summed E-state index contributed by atoms with van der Waals surface area (Å²) in [5.74, 6) is 0.618. The number of ether oxygens (including phenoxy) is 1. The Morgan fingerprint density at radius 2 is 2.00 bits per heavy atom. The Morgan fingerprint density at radius 3 is 2.69 bits per heavy atom. The number of nitrogens with zero attached hydrogens (tertiary/aromatic N) is 1. The van der Waals surface area contributed by atoms with Gasteiger partial charge in [-0.15, -0.1) is 0 Å². The van der Waals surface area contributed by atoms with Crippen molar-refractivity contribution in [2.75, 3.05) is 0 Å². The van der Waals surface area contributed by atoms with Crippen molar-refractivity contribution in [3.63, 3.8) is 0 Å². The number of hydrogen-bond acceptors (Lipinski definition) is 2. The van der Waals surface area contributed by atoms with Gasteiger partial charge in [0.05, 0.1) is 16.6 Å². The van der Waals surface area contributed by atoms with Gasteiger partial charge in [-0.1, -0.05) is 29.3 Å². The van der Waals surface area contributed by atoms with Crippen molar-refractivity contribution in [1.29, 1.82) is 0 Å². The van der Waals surface area contributed by atoms with Gasteiger partial charge in [-0.3, -0.25) is 4.99 Å². The van der Waals surface area contributed by atoms with Crippen molar-refractivity contribution in [3.8, 4) is 5.75 Å². The predicted octanol–water partition coefficient (Wildman–Crippen LogP) is 3.88. The van der Waals surface area contributed by atoms with Crippen LogP contribution in [0.1, 0.15) is 26.3 Å². The van der Waals surface area contributed by atoms with Crippen LogP contribution in [-0.4, -0.2) is 16.8 Å². The lowest BCUT2D eigenvalue weighted by atomic mass is 10.0. The van der Waals surface area contributed by atoms with Crippen LogP contribution in [0.15, 0.2) is 23.2 Å². The molecule has 0 saturated carbocycles. The highest BCUT2D eigenvalue weighted by molar-refractivity contribution is 6.70. The molecule has 0 fully saturated rings. The van der Waals surface area contributed by atoms with Gasteiger partial charge in [-0.25, -0.2) is 0 Å². The third kappa shape index (κ3) is 1.92. The minimum absolute atomic E-state index is 0.0246. The average Bonchev–Trinajstić information content (AvgIpc) is 2.27. The van der Waals surface area contributed by atoms with Gasteiger partial charge >= 0.3 is 0 Å². The molecule has 0 aromatic heterocycles. The standard InChI is InChI=1S/C12H13Cl2NO/c1-7-12(2,3)16-10-8(11(14)15-7)5-4-6-9(10)13/h4-7H,1-3H3. The maximum Gasteiger partial charge on any atom is 0.149 e. The van der Waals surface area contributed by atoms with E-state index in [2.05, 4.69) is 4.99 Å². The highest BCUT2D eigenvalue weighted by Gasteiger charge is 2.33. The van der Waals surface area contributed by atoms with Crippen LogP contribution in [0.2, 0.25) is 5.02 Å². The second-order valence-corrected chi connectivity index (χ2v) is 5.18. The molecule has 2 rings (SSSR count). The first-order valence-electron chi connectivity index (χ1n) is 5.13. The lowest BCUT2D eigenvalue weighted by molar-refractivity contribution is 0.0892. The van der Waals surface area contributed by atoms with Gasteiger partial charge in [0.15, 0.2) is 0 Å². The molecule has 4 heteroatoms. The molecule has 1 aromatic carbocycles. The third-order valence-electron chi connectivity index (χ3n) is 2.87. The smallest absolute Gasteiger partial charge is 0.149 e. The summed E-state index contributed by atoms with van der Waals surface area (Å²) < 4.78 is 5.93. The zero-order valence-corrected chi connectivity index (χ0v) is 10.9. The SMILES string of the molecule is CC1N=C(Cl)c2cccc(Cl)c2OC1(C)C. The van der Waals surface area contributed by atoms with Crippen LogP contribution in [0, 0.1) is 0 Å². The number of benzene rings is 1. The van der Waals surface area contributed by atoms with E-state index in [-0.39, 0.29) is 6.04 Å². The molecule has 1 aliphatic heterocycles.